The number of aromatic nitrogens is 1. The number of hydrogen-bond donors (Lipinski definition) is 1. The minimum Gasteiger partial charge on any atom is -0.506 e. The lowest BCUT2D eigenvalue weighted by atomic mass is 9.82. The van der Waals surface area contributed by atoms with Crippen molar-refractivity contribution in [2.24, 2.45) is 0 Å². The first kappa shape index (κ1) is 16.4. The molecule has 0 atom stereocenters. The molecule has 0 bridgehead atoms. The van der Waals surface area contributed by atoms with E-state index in [0.717, 1.165) is 16.7 Å². The second kappa shape index (κ2) is 5.51. The Morgan fingerprint density at radius 1 is 0.655 bits per heavy atom. The molecular formula is C27H21NO. The Morgan fingerprint density at radius 3 is 2.24 bits per heavy atom. The Labute approximate surface area is 169 Å². The molecule has 1 aromatic heterocycles. The molecule has 1 aliphatic rings. The van der Waals surface area contributed by atoms with Gasteiger partial charge in [-0.1, -0.05) is 68.4 Å². The van der Waals surface area contributed by atoms with E-state index in [1.54, 1.807) is 6.07 Å². The lowest BCUT2D eigenvalue weighted by Gasteiger charge is -2.21. The van der Waals surface area contributed by atoms with Gasteiger partial charge in [0.1, 0.15) is 5.75 Å². The van der Waals surface area contributed by atoms with E-state index in [-0.39, 0.29) is 11.2 Å². The van der Waals surface area contributed by atoms with Crippen LogP contribution in [0.15, 0.2) is 84.9 Å². The summed E-state index contributed by atoms with van der Waals surface area (Å²) in [6, 6.07) is 29.4. The van der Waals surface area contributed by atoms with Crippen molar-refractivity contribution in [1.82, 2.24) is 4.57 Å². The van der Waals surface area contributed by atoms with Gasteiger partial charge in [-0.3, -0.25) is 0 Å². The van der Waals surface area contributed by atoms with Gasteiger partial charge < -0.3 is 9.67 Å². The van der Waals surface area contributed by atoms with Crippen molar-refractivity contribution in [3.05, 3.63) is 96.1 Å². The lowest BCUT2D eigenvalue weighted by Crippen LogP contribution is -2.14. The van der Waals surface area contributed by atoms with Crippen LogP contribution in [-0.4, -0.2) is 9.67 Å². The topological polar surface area (TPSA) is 25.2 Å². The third-order valence-electron chi connectivity index (χ3n) is 6.50. The molecule has 0 spiro atoms. The summed E-state index contributed by atoms with van der Waals surface area (Å²) in [6.45, 7) is 4.60. The zero-order chi connectivity index (χ0) is 19.8. The zero-order valence-corrected chi connectivity index (χ0v) is 16.5. The summed E-state index contributed by atoms with van der Waals surface area (Å²) in [5, 5.41) is 13.0. The van der Waals surface area contributed by atoms with Gasteiger partial charge in [-0.25, -0.2) is 0 Å². The van der Waals surface area contributed by atoms with E-state index in [0.29, 0.717) is 0 Å². The average Bonchev–Trinajstić information content (AvgIpc) is 3.17. The van der Waals surface area contributed by atoms with E-state index in [4.69, 9.17) is 0 Å². The fourth-order valence-corrected chi connectivity index (χ4v) is 5.08. The lowest BCUT2D eigenvalue weighted by molar-refractivity contribution is 0.473. The van der Waals surface area contributed by atoms with Crippen LogP contribution in [0.3, 0.4) is 0 Å². The number of aromatic hydroxyl groups is 1. The van der Waals surface area contributed by atoms with Gasteiger partial charge in [-0.05, 0) is 52.6 Å². The van der Waals surface area contributed by atoms with Gasteiger partial charge in [-0.15, -0.1) is 0 Å². The monoisotopic (exact) mass is 375 g/mol. The molecule has 1 heterocycles. The molecule has 0 aliphatic heterocycles. The normalized spacial score (nSPS) is 14.3. The van der Waals surface area contributed by atoms with E-state index >= 15 is 0 Å². The highest BCUT2D eigenvalue weighted by Crippen LogP contribution is 2.51. The first-order valence-electron chi connectivity index (χ1n) is 10.0. The van der Waals surface area contributed by atoms with Crippen molar-refractivity contribution in [3.63, 3.8) is 0 Å². The highest BCUT2D eigenvalue weighted by atomic mass is 16.3. The first-order valence-corrected chi connectivity index (χ1v) is 10.0. The van der Waals surface area contributed by atoms with Gasteiger partial charge in [0.25, 0.3) is 0 Å². The van der Waals surface area contributed by atoms with Gasteiger partial charge in [0.05, 0.1) is 16.7 Å². The largest absolute Gasteiger partial charge is 0.506 e. The van der Waals surface area contributed by atoms with Crippen LogP contribution in [0, 0.1) is 0 Å². The summed E-state index contributed by atoms with van der Waals surface area (Å²) in [7, 11) is 0. The molecule has 0 saturated heterocycles. The highest BCUT2D eigenvalue weighted by Gasteiger charge is 2.36. The molecular weight excluding hydrogens is 354 g/mol. The molecule has 0 unspecified atom stereocenters. The number of fused-ring (bicyclic) bond motifs is 6. The quantitative estimate of drug-likeness (QED) is 0.343. The summed E-state index contributed by atoms with van der Waals surface area (Å²) in [4.78, 5) is 0. The summed E-state index contributed by atoms with van der Waals surface area (Å²) in [5.74, 6) is 0.290. The molecule has 140 valence electrons. The molecule has 0 radical (unpaired) electrons. The Hall–Kier alpha value is -3.52. The van der Waals surface area contributed by atoms with Crippen molar-refractivity contribution in [2.75, 3.05) is 0 Å². The summed E-state index contributed by atoms with van der Waals surface area (Å²) < 4.78 is 2.19. The average molecular weight is 375 g/mol. The van der Waals surface area contributed by atoms with Crippen LogP contribution in [0.4, 0.5) is 0 Å². The van der Waals surface area contributed by atoms with Crippen molar-refractivity contribution in [1.29, 1.82) is 0 Å². The third-order valence-corrected chi connectivity index (χ3v) is 6.50. The molecule has 2 nitrogen and oxygen atoms in total. The van der Waals surface area contributed by atoms with Crippen LogP contribution in [0.25, 0.3) is 38.6 Å². The Bertz CT molecular complexity index is 1440. The molecule has 29 heavy (non-hydrogen) atoms. The molecule has 0 fully saturated rings. The van der Waals surface area contributed by atoms with Crippen molar-refractivity contribution >= 4 is 21.8 Å². The van der Waals surface area contributed by atoms with E-state index in [9.17, 15) is 5.11 Å². The summed E-state index contributed by atoms with van der Waals surface area (Å²) in [6.07, 6.45) is 0. The zero-order valence-electron chi connectivity index (χ0n) is 16.5. The number of nitrogens with zero attached hydrogens (tertiary/aromatic N) is 1. The number of rotatable bonds is 1. The van der Waals surface area contributed by atoms with Crippen molar-refractivity contribution in [3.8, 4) is 22.6 Å². The second-order valence-electron chi connectivity index (χ2n) is 8.43. The van der Waals surface area contributed by atoms with Crippen LogP contribution in [-0.2, 0) is 5.41 Å². The third kappa shape index (κ3) is 2.06. The predicted molar refractivity (Wildman–Crippen MR) is 120 cm³/mol. The van der Waals surface area contributed by atoms with Crippen LogP contribution < -0.4 is 0 Å². The number of phenols is 1. The Balaban J connectivity index is 1.80. The fraction of sp³-hybridized carbons (Fsp3) is 0.111. The molecule has 0 saturated carbocycles. The van der Waals surface area contributed by atoms with Gasteiger partial charge in [0, 0.05) is 16.2 Å². The number of benzene rings is 4. The van der Waals surface area contributed by atoms with Crippen LogP contribution >= 0.6 is 0 Å². The maximum absolute atomic E-state index is 10.6. The summed E-state index contributed by atoms with van der Waals surface area (Å²) >= 11 is 0. The Kier molecular flexibility index (Phi) is 3.12. The number of hydrogen-bond acceptors (Lipinski definition) is 1. The van der Waals surface area contributed by atoms with Crippen LogP contribution in [0.1, 0.15) is 25.0 Å². The predicted octanol–water partition coefficient (Wildman–Crippen LogP) is 6.80. The molecule has 6 rings (SSSR count). The summed E-state index contributed by atoms with van der Waals surface area (Å²) in [5.41, 5.74) is 8.36. The highest BCUT2D eigenvalue weighted by molar-refractivity contribution is 6.11. The molecule has 5 aromatic rings. The maximum Gasteiger partial charge on any atom is 0.139 e. The molecule has 1 aliphatic carbocycles. The maximum atomic E-state index is 10.6. The van der Waals surface area contributed by atoms with Crippen LogP contribution in [0.5, 0.6) is 5.75 Å². The SMILES string of the molecule is CC1(C)c2ccccc2-c2cc3c4ccccc4n(-c4ccccc4O)c3cc21. The minimum atomic E-state index is -0.0554. The number of para-hydroxylation sites is 3. The standard InChI is InChI=1S/C27H21NO/c1-27(2)21-11-5-3-9-17(21)19-15-20-18-10-4-6-12-23(18)28(25(20)16-22(19)27)24-13-7-8-14-26(24)29/h3-16,29H,1-2H3. The molecule has 0 amide bonds. The smallest absolute Gasteiger partial charge is 0.139 e. The fourth-order valence-electron chi connectivity index (χ4n) is 5.08. The van der Waals surface area contributed by atoms with Crippen LogP contribution in [0.2, 0.25) is 0 Å². The first-order chi connectivity index (χ1) is 14.1. The molecule has 1 N–H and O–H groups in total. The second-order valence-corrected chi connectivity index (χ2v) is 8.43. The minimum absolute atomic E-state index is 0.0554. The van der Waals surface area contributed by atoms with Gasteiger partial charge >= 0.3 is 0 Å². The Morgan fingerprint density at radius 2 is 1.38 bits per heavy atom. The van der Waals surface area contributed by atoms with E-state index in [2.05, 4.69) is 79.1 Å². The van der Waals surface area contributed by atoms with Gasteiger partial charge in [-0.2, -0.15) is 0 Å². The van der Waals surface area contributed by atoms with E-state index in [1.807, 2.05) is 18.2 Å². The van der Waals surface area contributed by atoms with Crippen molar-refractivity contribution < 1.29 is 5.11 Å². The van der Waals surface area contributed by atoms with E-state index < -0.39 is 0 Å². The van der Waals surface area contributed by atoms with Crippen molar-refractivity contribution in [2.45, 2.75) is 19.3 Å². The number of phenolic OH excluding ortho intramolecular Hbond substituents is 1. The van der Waals surface area contributed by atoms with Gasteiger partial charge in [0.2, 0.25) is 0 Å². The van der Waals surface area contributed by atoms with E-state index in [1.165, 1.54) is 33.0 Å². The molecule has 2 heteroatoms. The van der Waals surface area contributed by atoms with Gasteiger partial charge in [0.15, 0.2) is 0 Å². The molecule has 4 aromatic carbocycles.